The van der Waals surface area contributed by atoms with E-state index < -0.39 is 0 Å². The van der Waals surface area contributed by atoms with Crippen molar-refractivity contribution in [1.82, 2.24) is 9.78 Å². The monoisotopic (exact) mass is 383 g/mol. The van der Waals surface area contributed by atoms with Gasteiger partial charge in [0.25, 0.3) is 5.91 Å². The number of para-hydroxylation sites is 1. The molecule has 1 N–H and O–H groups in total. The number of benzene rings is 3. The van der Waals surface area contributed by atoms with Crippen LogP contribution in [-0.4, -0.2) is 15.7 Å². The van der Waals surface area contributed by atoms with Gasteiger partial charge in [0.1, 0.15) is 12.4 Å². The third kappa shape index (κ3) is 4.90. The zero-order valence-corrected chi connectivity index (χ0v) is 15.9. The average molecular weight is 383 g/mol. The van der Waals surface area contributed by atoms with Crippen molar-refractivity contribution in [2.45, 2.75) is 13.2 Å². The number of nitrogens with zero attached hydrogens (tertiary/aromatic N) is 2. The first-order valence-corrected chi connectivity index (χ1v) is 9.41. The minimum absolute atomic E-state index is 0.178. The van der Waals surface area contributed by atoms with Crippen LogP contribution in [0.3, 0.4) is 0 Å². The van der Waals surface area contributed by atoms with Crippen molar-refractivity contribution in [3.8, 4) is 5.75 Å². The Morgan fingerprint density at radius 2 is 1.76 bits per heavy atom. The number of carbonyl (C=O) groups is 1. The summed E-state index contributed by atoms with van der Waals surface area (Å²) >= 11 is 0. The van der Waals surface area contributed by atoms with E-state index in [9.17, 15) is 4.79 Å². The normalized spacial score (nSPS) is 10.5. The van der Waals surface area contributed by atoms with E-state index in [1.165, 1.54) is 0 Å². The Labute approximate surface area is 169 Å². The van der Waals surface area contributed by atoms with E-state index in [2.05, 4.69) is 10.4 Å². The smallest absolute Gasteiger partial charge is 0.255 e. The molecule has 0 fully saturated rings. The Hall–Kier alpha value is -3.86. The molecule has 1 heterocycles. The van der Waals surface area contributed by atoms with Gasteiger partial charge in [-0.05, 0) is 41.5 Å². The summed E-state index contributed by atoms with van der Waals surface area (Å²) in [6.45, 7) is 1.04. The Morgan fingerprint density at radius 3 is 2.59 bits per heavy atom. The third-order valence-corrected chi connectivity index (χ3v) is 4.50. The molecule has 5 nitrogen and oxygen atoms in total. The van der Waals surface area contributed by atoms with Crippen LogP contribution in [0, 0.1) is 0 Å². The molecule has 4 aromatic rings. The molecule has 29 heavy (non-hydrogen) atoms. The molecule has 5 heteroatoms. The lowest BCUT2D eigenvalue weighted by Gasteiger charge is -2.12. The van der Waals surface area contributed by atoms with Crippen LogP contribution in [0.1, 0.15) is 21.5 Å². The fraction of sp³-hybridized carbons (Fsp3) is 0.0833. The van der Waals surface area contributed by atoms with E-state index in [0.717, 1.165) is 16.8 Å². The molecule has 0 radical (unpaired) electrons. The summed E-state index contributed by atoms with van der Waals surface area (Å²) in [5.41, 5.74) is 3.38. The van der Waals surface area contributed by atoms with Gasteiger partial charge in [-0.2, -0.15) is 5.10 Å². The molecular weight excluding hydrogens is 362 g/mol. The van der Waals surface area contributed by atoms with Gasteiger partial charge in [-0.15, -0.1) is 0 Å². The zero-order valence-electron chi connectivity index (χ0n) is 15.9. The summed E-state index contributed by atoms with van der Waals surface area (Å²) in [7, 11) is 0. The van der Waals surface area contributed by atoms with Crippen molar-refractivity contribution in [3.63, 3.8) is 0 Å². The molecule has 1 amide bonds. The highest BCUT2D eigenvalue weighted by molar-refractivity contribution is 6.04. The molecule has 0 saturated heterocycles. The highest BCUT2D eigenvalue weighted by atomic mass is 16.5. The number of anilines is 1. The Morgan fingerprint density at radius 1 is 0.931 bits per heavy atom. The maximum absolute atomic E-state index is 12.8. The average Bonchev–Trinajstić information content (AvgIpc) is 3.28. The number of aromatic nitrogens is 2. The number of hydrogen-bond donors (Lipinski definition) is 1. The summed E-state index contributed by atoms with van der Waals surface area (Å²) in [5.74, 6) is 0.481. The Kier molecular flexibility index (Phi) is 5.67. The van der Waals surface area contributed by atoms with Crippen LogP contribution >= 0.6 is 0 Å². The minimum atomic E-state index is -0.178. The van der Waals surface area contributed by atoms with Gasteiger partial charge in [0.2, 0.25) is 0 Å². The number of hydrogen-bond acceptors (Lipinski definition) is 3. The highest BCUT2D eigenvalue weighted by Gasteiger charge is 2.10. The summed E-state index contributed by atoms with van der Waals surface area (Å²) in [5, 5.41) is 7.24. The first-order valence-electron chi connectivity index (χ1n) is 9.41. The second-order valence-corrected chi connectivity index (χ2v) is 6.62. The summed E-state index contributed by atoms with van der Waals surface area (Å²) < 4.78 is 7.66. The maximum Gasteiger partial charge on any atom is 0.255 e. The van der Waals surface area contributed by atoms with Crippen LogP contribution in [0.15, 0.2) is 97.3 Å². The molecule has 0 bridgehead atoms. The van der Waals surface area contributed by atoms with Crippen molar-refractivity contribution >= 4 is 11.6 Å². The van der Waals surface area contributed by atoms with Gasteiger partial charge in [-0.25, -0.2) is 0 Å². The Balaban J connectivity index is 1.45. The standard InChI is InChI=1S/C24H21N3O2/c28-24(26-23-13-5-4-10-21(23)17-27-15-7-14-25-27)20-11-6-12-22(16-20)29-18-19-8-2-1-3-9-19/h1-16H,17-18H2,(H,26,28). The zero-order chi connectivity index (χ0) is 19.9. The molecule has 144 valence electrons. The largest absolute Gasteiger partial charge is 0.489 e. The van der Waals surface area contributed by atoms with Crippen molar-refractivity contribution in [2.75, 3.05) is 5.32 Å². The summed E-state index contributed by atoms with van der Waals surface area (Å²) in [6, 6.07) is 26.8. The van der Waals surface area contributed by atoms with Gasteiger partial charge in [0.05, 0.1) is 6.54 Å². The number of amides is 1. The van der Waals surface area contributed by atoms with Gasteiger partial charge in [0, 0.05) is 23.6 Å². The molecule has 0 aliphatic rings. The fourth-order valence-corrected chi connectivity index (χ4v) is 3.01. The van der Waals surface area contributed by atoms with Gasteiger partial charge in [-0.3, -0.25) is 9.48 Å². The second kappa shape index (κ2) is 8.89. The van der Waals surface area contributed by atoms with Gasteiger partial charge < -0.3 is 10.1 Å². The molecule has 0 saturated carbocycles. The third-order valence-electron chi connectivity index (χ3n) is 4.50. The molecule has 0 aliphatic heterocycles. The van der Waals surface area contributed by atoms with E-state index in [-0.39, 0.29) is 5.91 Å². The SMILES string of the molecule is O=C(Nc1ccccc1Cn1cccn1)c1cccc(OCc2ccccc2)c1. The van der Waals surface area contributed by atoms with Crippen molar-refractivity contribution in [2.24, 2.45) is 0 Å². The van der Waals surface area contributed by atoms with Gasteiger partial charge >= 0.3 is 0 Å². The van der Waals surface area contributed by atoms with E-state index in [1.807, 2.05) is 83.7 Å². The molecular formula is C24H21N3O2. The topological polar surface area (TPSA) is 56.2 Å². The second-order valence-electron chi connectivity index (χ2n) is 6.62. The van der Waals surface area contributed by atoms with Crippen LogP contribution < -0.4 is 10.1 Å². The number of ether oxygens (including phenoxy) is 1. The number of carbonyl (C=O) groups excluding carboxylic acids is 1. The molecule has 3 aromatic carbocycles. The van der Waals surface area contributed by atoms with Crippen LogP contribution in [0.4, 0.5) is 5.69 Å². The summed E-state index contributed by atoms with van der Waals surface area (Å²) in [4.78, 5) is 12.8. The summed E-state index contributed by atoms with van der Waals surface area (Å²) in [6.07, 6.45) is 3.63. The predicted octanol–water partition coefficient (Wildman–Crippen LogP) is 4.76. The maximum atomic E-state index is 12.8. The predicted molar refractivity (Wildman–Crippen MR) is 113 cm³/mol. The van der Waals surface area contributed by atoms with E-state index >= 15 is 0 Å². The molecule has 1 aromatic heterocycles. The molecule has 0 spiro atoms. The van der Waals surface area contributed by atoms with Crippen molar-refractivity contribution < 1.29 is 9.53 Å². The van der Waals surface area contributed by atoms with Crippen LogP contribution in [-0.2, 0) is 13.2 Å². The fourth-order valence-electron chi connectivity index (χ4n) is 3.01. The van der Waals surface area contributed by atoms with E-state index in [4.69, 9.17) is 4.74 Å². The minimum Gasteiger partial charge on any atom is -0.489 e. The van der Waals surface area contributed by atoms with Crippen molar-refractivity contribution in [1.29, 1.82) is 0 Å². The number of rotatable bonds is 7. The van der Waals surface area contributed by atoms with Gasteiger partial charge in [0.15, 0.2) is 0 Å². The van der Waals surface area contributed by atoms with Crippen LogP contribution in [0.25, 0.3) is 0 Å². The van der Waals surface area contributed by atoms with E-state index in [1.54, 1.807) is 18.3 Å². The van der Waals surface area contributed by atoms with Crippen LogP contribution in [0.5, 0.6) is 5.75 Å². The first-order chi connectivity index (χ1) is 14.3. The van der Waals surface area contributed by atoms with Gasteiger partial charge in [-0.1, -0.05) is 54.6 Å². The molecule has 0 aliphatic carbocycles. The molecule has 0 unspecified atom stereocenters. The lowest BCUT2D eigenvalue weighted by Crippen LogP contribution is -2.14. The Bertz CT molecular complexity index is 1080. The van der Waals surface area contributed by atoms with Crippen molar-refractivity contribution in [3.05, 3.63) is 114 Å². The lowest BCUT2D eigenvalue weighted by molar-refractivity contribution is 0.102. The van der Waals surface area contributed by atoms with E-state index in [0.29, 0.717) is 24.5 Å². The quantitative estimate of drug-likeness (QED) is 0.500. The highest BCUT2D eigenvalue weighted by Crippen LogP contribution is 2.20. The lowest BCUT2D eigenvalue weighted by atomic mass is 10.1. The first kappa shape index (κ1) is 18.5. The molecule has 4 rings (SSSR count). The number of nitrogens with one attached hydrogen (secondary N) is 1. The van der Waals surface area contributed by atoms with Crippen LogP contribution in [0.2, 0.25) is 0 Å². The molecule has 0 atom stereocenters.